The molecule has 2 heterocycles. The molecule has 0 bridgehead atoms. The molecule has 4 rings (SSSR count). The van der Waals surface area contributed by atoms with E-state index in [1.165, 1.54) is 16.2 Å². The molecule has 0 radical (unpaired) electrons. The van der Waals surface area contributed by atoms with Crippen LogP contribution in [-0.4, -0.2) is 45.5 Å². The van der Waals surface area contributed by atoms with Gasteiger partial charge in [-0.05, 0) is 65.2 Å². The highest BCUT2D eigenvalue weighted by Crippen LogP contribution is 2.57. The average molecular weight is 346 g/mol. The van der Waals surface area contributed by atoms with E-state index < -0.39 is 16.4 Å². The third kappa shape index (κ3) is 1.97. The van der Waals surface area contributed by atoms with Crippen molar-refractivity contribution in [3.8, 4) is 0 Å². The quantitative estimate of drug-likeness (QED) is 0.565. The molecule has 2 saturated carbocycles. The largest absolute Gasteiger partial charge is 0.280 e. The second-order valence-corrected chi connectivity index (χ2v) is 9.30. The molecule has 136 valence electrons. The highest BCUT2D eigenvalue weighted by atomic mass is 16.2. The highest BCUT2D eigenvalue weighted by Gasteiger charge is 2.70. The topological polar surface area (TPSA) is 74.8 Å². The van der Waals surface area contributed by atoms with Crippen LogP contribution in [-0.2, 0) is 19.2 Å². The third-order valence-electron chi connectivity index (χ3n) is 6.83. The van der Waals surface area contributed by atoms with E-state index in [0.717, 1.165) is 12.8 Å². The van der Waals surface area contributed by atoms with Crippen LogP contribution in [0.4, 0.5) is 0 Å². The molecule has 2 aliphatic carbocycles. The van der Waals surface area contributed by atoms with E-state index in [4.69, 9.17) is 0 Å². The molecule has 2 saturated heterocycles. The van der Waals surface area contributed by atoms with Gasteiger partial charge in [0.25, 0.3) is 0 Å². The number of likely N-dealkylation sites (tertiary alicyclic amines) is 2. The first-order valence-electron chi connectivity index (χ1n) is 9.39. The Kier molecular flexibility index (Phi) is 3.29. The van der Waals surface area contributed by atoms with Crippen LogP contribution in [0.25, 0.3) is 0 Å². The molecule has 0 aromatic heterocycles. The van der Waals surface area contributed by atoms with Crippen molar-refractivity contribution in [2.45, 2.75) is 71.3 Å². The summed E-state index contributed by atoms with van der Waals surface area (Å²) in [4.78, 5) is 53.4. The average Bonchev–Trinajstić information content (AvgIpc) is 2.52. The van der Waals surface area contributed by atoms with Crippen molar-refractivity contribution in [1.29, 1.82) is 0 Å². The molecule has 4 fully saturated rings. The van der Waals surface area contributed by atoms with Crippen molar-refractivity contribution in [3.63, 3.8) is 0 Å². The van der Waals surface area contributed by atoms with Gasteiger partial charge in [-0.25, -0.2) is 0 Å². The van der Waals surface area contributed by atoms with Crippen molar-refractivity contribution in [2.24, 2.45) is 16.7 Å². The van der Waals surface area contributed by atoms with Gasteiger partial charge in [-0.2, -0.15) is 0 Å². The molecule has 4 amide bonds. The summed E-state index contributed by atoms with van der Waals surface area (Å²) in [6.07, 6.45) is 4.70. The summed E-state index contributed by atoms with van der Waals surface area (Å²) < 4.78 is 0. The molecule has 2 spiro atoms. The van der Waals surface area contributed by atoms with E-state index in [-0.39, 0.29) is 23.6 Å². The van der Waals surface area contributed by atoms with Gasteiger partial charge in [0, 0.05) is 12.1 Å². The van der Waals surface area contributed by atoms with Gasteiger partial charge in [-0.1, -0.05) is 6.42 Å². The number of imide groups is 2. The van der Waals surface area contributed by atoms with E-state index in [1.807, 2.05) is 20.8 Å². The first kappa shape index (κ1) is 16.7. The smallest absolute Gasteiger partial charge is 0.245 e. The Bertz CT molecular complexity index is 642. The zero-order chi connectivity index (χ0) is 18.2. The lowest BCUT2D eigenvalue weighted by Gasteiger charge is -2.58. The first-order valence-corrected chi connectivity index (χ1v) is 9.39. The van der Waals surface area contributed by atoms with E-state index in [1.54, 1.807) is 0 Å². The summed E-state index contributed by atoms with van der Waals surface area (Å²) in [5, 5.41) is 0. The summed E-state index contributed by atoms with van der Waals surface area (Å²) in [5.41, 5.74) is -2.44. The number of rotatable bonds is 2. The highest BCUT2D eigenvalue weighted by molar-refractivity contribution is 6.24. The van der Waals surface area contributed by atoms with Gasteiger partial charge in [0.15, 0.2) is 0 Å². The summed E-state index contributed by atoms with van der Waals surface area (Å²) in [6.45, 7) is 6.09. The predicted octanol–water partition coefficient (Wildman–Crippen LogP) is 1.87. The van der Waals surface area contributed by atoms with Crippen LogP contribution in [0.3, 0.4) is 0 Å². The number of hydrogen-bond donors (Lipinski definition) is 0. The van der Waals surface area contributed by atoms with Gasteiger partial charge in [-0.3, -0.25) is 29.0 Å². The minimum Gasteiger partial charge on any atom is -0.280 e. The second kappa shape index (κ2) is 4.92. The van der Waals surface area contributed by atoms with Crippen molar-refractivity contribution in [2.75, 3.05) is 6.54 Å². The van der Waals surface area contributed by atoms with E-state index in [0.29, 0.717) is 38.1 Å². The van der Waals surface area contributed by atoms with Gasteiger partial charge in [0.05, 0.1) is 0 Å². The van der Waals surface area contributed by atoms with Gasteiger partial charge >= 0.3 is 0 Å². The molecular formula is C19H26N2O4. The second-order valence-electron chi connectivity index (χ2n) is 9.30. The Hall–Kier alpha value is -1.72. The summed E-state index contributed by atoms with van der Waals surface area (Å²) in [5.74, 6) is 0.0448. The maximum atomic E-state index is 12.7. The van der Waals surface area contributed by atoms with E-state index in [9.17, 15) is 19.2 Å². The molecule has 0 aromatic rings. The maximum Gasteiger partial charge on any atom is 0.245 e. The number of nitrogens with zero attached hydrogens (tertiary/aromatic N) is 2. The van der Waals surface area contributed by atoms with Crippen LogP contribution in [0.15, 0.2) is 0 Å². The molecule has 0 N–H and O–H groups in total. The zero-order valence-corrected chi connectivity index (χ0v) is 15.3. The molecule has 0 atom stereocenters. The molecule has 0 aromatic carbocycles. The lowest BCUT2D eigenvalue weighted by molar-refractivity contribution is -0.198. The fraction of sp³-hybridized carbons (Fsp3) is 0.789. The lowest BCUT2D eigenvalue weighted by Crippen LogP contribution is -2.75. The molecule has 0 unspecified atom stereocenters. The summed E-state index contributed by atoms with van der Waals surface area (Å²) in [7, 11) is 0. The third-order valence-corrected chi connectivity index (χ3v) is 6.83. The normalized spacial score (nSPS) is 28.3. The van der Waals surface area contributed by atoms with Gasteiger partial charge in [0.1, 0.15) is 10.8 Å². The van der Waals surface area contributed by atoms with Crippen molar-refractivity contribution >= 4 is 23.6 Å². The molecular weight excluding hydrogens is 320 g/mol. The first-order chi connectivity index (χ1) is 11.6. The number of carbonyl (C=O) groups is 4. The Morgan fingerprint density at radius 2 is 1.28 bits per heavy atom. The maximum absolute atomic E-state index is 12.7. The summed E-state index contributed by atoms with van der Waals surface area (Å²) >= 11 is 0. The molecule has 4 aliphatic rings. The monoisotopic (exact) mass is 346 g/mol. The van der Waals surface area contributed by atoms with Crippen molar-refractivity contribution in [1.82, 2.24) is 9.80 Å². The van der Waals surface area contributed by atoms with Crippen LogP contribution >= 0.6 is 0 Å². The van der Waals surface area contributed by atoms with Gasteiger partial charge in [0.2, 0.25) is 23.6 Å². The minimum absolute atomic E-state index is 0.0776. The number of carbonyl (C=O) groups excluding carboxylic acids is 4. The van der Waals surface area contributed by atoms with Crippen LogP contribution in [0, 0.1) is 16.7 Å². The number of amides is 4. The lowest BCUT2D eigenvalue weighted by atomic mass is 9.56. The SMILES string of the molecule is CC(C)(C)N1C(=O)C2(CCC3(CC2)C(=O)N(CC2CCC2)C3=O)C1=O. The molecule has 6 nitrogen and oxygen atoms in total. The number of hydrogen-bond acceptors (Lipinski definition) is 4. The number of β-lactam (4-membered cyclic amide) rings is 4. The van der Waals surface area contributed by atoms with Gasteiger partial charge in [-0.15, -0.1) is 0 Å². The Morgan fingerprint density at radius 3 is 1.64 bits per heavy atom. The van der Waals surface area contributed by atoms with Crippen LogP contribution in [0.5, 0.6) is 0 Å². The Labute approximate surface area is 147 Å². The minimum atomic E-state index is -0.979. The van der Waals surface area contributed by atoms with Crippen molar-refractivity contribution in [3.05, 3.63) is 0 Å². The molecule has 2 aliphatic heterocycles. The van der Waals surface area contributed by atoms with E-state index >= 15 is 0 Å². The fourth-order valence-corrected chi connectivity index (χ4v) is 4.87. The van der Waals surface area contributed by atoms with Crippen molar-refractivity contribution < 1.29 is 19.2 Å². The fourth-order valence-electron chi connectivity index (χ4n) is 4.87. The Morgan fingerprint density at radius 1 is 0.840 bits per heavy atom. The van der Waals surface area contributed by atoms with Gasteiger partial charge < -0.3 is 0 Å². The molecule has 6 heteroatoms. The molecule has 25 heavy (non-hydrogen) atoms. The standard InChI is InChI=1S/C19H26N2O4/c1-17(2,3)21-15(24)19(16(21)25)9-7-18(8-10-19)13(22)20(14(18)23)11-12-5-4-6-12/h12H,4-11H2,1-3H3. The van der Waals surface area contributed by atoms with Crippen LogP contribution in [0.2, 0.25) is 0 Å². The van der Waals surface area contributed by atoms with Crippen LogP contribution < -0.4 is 0 Å². The zero-order valence-electron chi connectivity index (χ0n) is 15.3. The predicted molar refractivity (Wildman–Crippen MR) is 89.0 cm³/mol. The van der Waals surface area contributed by atoms with Crippen LogP contribution in [0.1, 0.15) is 65.7 Å². The Balaban J connectivity index is 1.44. The van der Waals surface area contributed by atoms with E-state index in [2.05, 4.69) is 0 Å². The summed E-state index contributed by atoms with van der Waals surface area (Å²) in [6, 6.07) is 0.